The highest BCUT2D eigenvalue weighted by Gasteiger charge is 2.05. The normalized spacial score (nSPS) is 10.1. The topological polar surface area (TPSA) is 68.1 Å². The minimum Gasteiger partial charge on any atom is -0.380 e. The van der Waals surface area contributed by atoms with Crippen LogP contribution in [-0.4, -0.2) is 9.91 Å². The molecule has 0 radical (unpaired) electrons. The van der Waals surface area contributed by atoms with Crippen molar-refractivity contribution in [3.05, 3.63) is 64.0 Å². The fraction of sp³-hybridized carbons (Fsp3) is 0.154. The van der Waals surface area contributed by atoms with Crippen molar-refractivity contribution < 1.29 is 4.92 Å². The summed E-state index contributed by atoms with van der Waals surface area (Å²) < 4.78 is 0. The molecule has 0 saturated heterocycles. The first-order valence-corrected chi connectivity index (χ1v) is 5.55. The van der Waals surface area contributed by atoms with Crippen LogP contribution in [0.1, 0.15) is 11.3 Å². The van der Waals surface area contributed by atoms with Crippen molar-refractivity contribution in [2.75, 3.05) is 5.32 Å². The van der Waals surface area contributed by atoms with Crippen molar-refractivity contribution in [3.8, 4) is 0 Å². The molecule has 0 aliphatic rings. The van der Waals surface area contributed by atoms with Gasteiger partial charge in [-0.1, -0.05) is 12.1 Å². The SMILES string of the molecule is Cc1ccc(NCc2cccc([N+](=O)[O-])c2)cn1. The number of aryl methyl sites for hydroxylation is 1. The number of anilines is 1. The highest BCUT2D eigenvalue weighted by molar-refractivity contribution is 5.43. The molecule has 0 saturated carbocycles. The zero-order valence-electron chi connectivity index (χ0n) is 9.96. The molecule has 0 atom stereocenters. The van der Waals surface area contributed by atoms with Gasteiger partial charge in [0.2, 0.25) is 0 Å². The molecule has 0 amide bonds. The zero-order valence-corrected chi connectivity index (χ0v) is 9.96. The van der Waals surface area contributed by atoms with Gasteiger partial charge in [0.25, 0.3) is 5.69 Å². The predicted octanol–water partition coefficient (Wildman–Crippen LogP) is 2.91. The van der Waals surface area contributed by atoms with Crippen LogP contribution in [0.4, 0.5) is 11.4 Å². The molecule has 18 heavy (non-hydrogen) atoms. The van der Waals surface area contributed by atoms with Crippen LogP contribution in [0.3, 0.4) is 0 Å². The van der Waals surface area contributed by atoms with Crippen LogP contribution in [0.2, 0.25) is 0 Å². The average Bonchev–Trinajstić information content (AvgIpc) is 2.38. The summed E-state index contributed by atoms with van der Waals surface area (Å²) in [6.07, 6.45) is 1.74. The van der Waals surface area contributed by atoms with E-state index in [1.54, 1.807) is 18.3 Å². The van der Waals surface area contributed by atoms with Crippen LogP contribution in [0, 0.1) is 17.0 Å². The van der Waals surface area contributed by atoms with Crippen LogP contribution in [0.5, 0.6) is 0 Å². The second-order valence-electron chi connectivity index (χ2n) is 3.97. The summed E-state index contributed by atoms with van der Waals surface area (Å²) in [7, 11) is 0. The van der Waals surface area contributed by atoms with E-state index in [0.29, 0.717) is 6.54 Å². The second kappa shape index (κ2) is 5.27. The summed E-state index contributed by atoms with van der Waals surface area (Å²) in [5.41, 5.74) is 2.82. The number of nitro benzene ring substituents is 1. The minimum absolute atomic E-state index is 0.108. The number of pyridine rings is 1. The van der Waals surface area contributed by atoms with Gasteiger partial charge >= 0.3 is 0 Å². The number of nitro groups is 1. The largest absolute Gasteiger partial charge is 0.380 e. The maximum absolute atomic E-state index is 10.6. The van der Waals surface area contributed by atoms with E-state index in [-0.39, 0.29) is 5.69 Å². The van der Waals surface area contributed by atoms with E-state index in [0.717, 1.165) is 16.9 Å². The van der Waals surface area contributed by atoms with Gasteiger partial charge in [-0.25, -0.2) is 0 Å². The Morgan fingerprint density at radius 1 is 1.33 bits per heavy atom. The van der Waals surface area contributed by atoms with Gasteiger partial charge in [-0.05, 0) is 24.6 Å². The molecule has 0 unspecified atom stereocenters. The Morgan fingerprint density at radius 2 is 2.17 bits per heavy atom. The van der Waals surface area contributed by atoms with E-state index >= 15 is 0 Å². The van der Waals surface area contributed by atoms with Gasteiger partial charge in [-0.2, -0.15) is 0 Å². The van der Waals surface area contributed by atoms with Crippen molar-refractivity contribution in [1.29, 1.82) is 0 Å². The molecule has 0 fully saturated rings. The molecule has 5 nitrogen and oxygen atoms in total. The quantitative estimate of drug-likeness (QED) is 0.662. The number of nitrogens with zero attached hydrogens (tertiary/aromatic N) is 2. The van der Waals surface area contributed by atoms with E-state index in [9.17, 15) is 10.1 Å². The van der Waals surface area contributed by atoms with Crippen LogP contribution in [-0.2, 0) is 6.54 Å². The number of benzene rings is 1. The Kier molecular flexibility index (Phi) is 3.52. The third kappa shape index (κ3) is 3.04. The van der Waals surface area contributed by atoms with E-state index in [2.05, 4.69) is 10.3 Å². The Hall–Kier alpha value is -2.43. The van der Waals surface area contributed by atoms with Gasteiger partial charge in [0, 0.05) is 24.4 Å². The smallest absolute Gasteiger partial charge is 0.269 e. The summed E-state index contributed by atoms with van der Waals surface area (Å²) in [6.45, 7) is 2.46. The van der Waals surface area contributed by atoms with Crippen molar-refractivity contribution in [3.63, 3.8) is 0 Å². The zero-order chi connectivity index (χ0) is 13.0. The number of non-ortho nitro benzene ring substituents is 1. The summed E-state index contributed by atoms with van der Waals surface area (Å²) in [5, 5.41) is 13.8. The second-order valence-corrected chi connectivity index (χ2v) is 3.97. The van der Waals surface area contributed by atoms with E-state index in [1.165, 1.54) is 6.07 Å². The monoisotopic (exact) mass is 243 g/mol. The van der Waals surface area contributed by atoms with Gasteiger partial charge < -0.3 is 5.32 Å². The van der Waals surface area contributed by atoms with Gasteiger partial charge in [-0.15, -0.1) is 0 Å². The maximum atomic E-state index is 10.6. The van der Waals surface area contributed by atoms with E-state index in [4.69, 9.17) is 0 Å². The van der Waals surface area contributed by atoms with Crippen LogP contribution in [0.15, 0.2) is 42.6 Å². The highest BCUT2D eigenvalue weighted by Crippen LogP contribution is 2.14. The molecule has 0 bridgehead atoms. The molecule has 5 heteroatoms. The van der Waals surface area contributed by atoms with Gasteiger partial charge in [0.05, 0.1) is 16.8 Å². The molecule has 1 heterocycles. The molecular weight excluding hydrogens is 230 g/mol. The van der Waals surface area contributed by atoms with Crippen LogP contribution >= 0.6 is 0 Å². The predicted molar refractivity (Wildman–Crippen MR) is 69.4 cm³/mol. The molecule has 0 aliphatic heterocycles. The highest BCUT2D eigenvalue weighted by atomic mass is 16.6. The number of hydrogen-bond donors (Lipinski definition) is 1. The van der Waals surface area contributed by atoms with Crippen molar-refractivity contribution >= 4 is 11.4 Å². The van der Waals surface area contributed by atoms with Gasteiger partial charge in [0.15, 0.2) is 0 Å². The molecule has 92 valence electrons. The molecule has 1 aromatic heterocycles. The standard InChI is InChI=1S/C13H13N3O2/c1-10-5-6-12(9-14-10)15-8-11-3-2-4-13(7-11)16(17)18/h2-7,9,15H,8H2,1H3. The summed E-state index contributed by atoms with van der Waals surface area (Å²) in [4.78, 5) is 14.4. The van der Waals surface area contributed by atoms with E-state index < -0.39 is 4.92 Å². The molecule has 0 aliphatic carbocycles. The molecule has 0 spiro atoms. The third-order valence-electron chi connectivity index (χ3n) is 2.53. The van der Waals surface area contributed by atoms with Crippen molar-refractivity contribution in [2.24, 2.45) is 0 Å². The van der Waals surface area contributed by atoms with Crippen molar-refractivity contribution in [1.82, 2.24) is 4.98 Å². The van der Waals surface area contributed by atoms with Crippen LogP contribution in [0.25, 0.3) is 0 Å². The Labute approximate surface area is 105 Å². The molecule has 1 aromatic carbocycles. The number of hydrogen-bond acceptors (Lipinski definition) is 4. The summed E-state index contributed by atoms with van der Waals surface area (Å²) in [6, 6.07) is 10.4. The number of aromatic nitrogens is 1. The van der Waals surface area contributed by atoms with Crippen LogP contribution < -0.4 is 5.32 Å². The molecule has 2 rings (SSSR count). The van der Waals surface area contributed by atoms with E-state index in [1.807, 2.05) is 25.1 Å². The minimum atomic E-state index is -0.392. The fourth-order valence-electron chi connectivity index (χ4n) is 1.56. The lowest BCUT2D eigenvalue weighted by molar-refractivity contribution is -0.384. The van der Waals surface area contributed by atoms with Gasteiger partial charge in [0.1, 0.15) is 0 Å². The van der Waals surface area contributed by atoms with Gasteiger partial charge in [-0.3, -0.25) is 15.1 Å². The lowest BCUT2D eigenvalue weighted by Crippen LogP contribution is -2.00. The first kappa shape index (κ1) is 12.0. The molecule has 1 N–H and O–H groups in total. The Bertz CT molecular complexity index is 552. The first-order chi connectivity index (χ1) is 8.65. The first-order valence-electron chi connectivity index (χ1n) is 5.55. The fourth-order valence-corrected chi connectivity index (χ4v) is 1.56. The summed E-state index contributed by atoms with van der Waals surface area (Å²) in [5.74, 6) is 0. The Balaban J connectivity index is 2.04. The molecular formula is C13H13N3O2. The average molecular weight is 243 g/mol. The number of rotatable bonds is 4. The maximum Gasteiger partial charge on any atom is 0.269 e. The number of nitrogens with one attached hydrogen (secondary N) is 1. The Morgan fingerprint density at radius 3 is 2.83 bits per heavy atom. The van der Waals surface area contributed by atoms with Crippen molar-refractivity contribution in [2.45, 2.75) is 13.5 Å². The molecule has 2 aromatic rings. The lowest BCUT2D eigenvalue weighted by Gasteiger charge is -2.06. The summed E-state index contributed by atoms with van der Waals surface area (Å²) >= 11 is 0. The third-order valence-corrected chi connectivity index (χ3v) is 2.53. The lowest BCUT2D eigenvalue weighted by atomic mass is 10.2.